The molecule has 1 atom stereocenters. The fourth-order valence-corrected chi connectivity index (χ4v) is 4.47. The molecule has 29 heavy (non-hydrogen) atoms. The summed E-state index contributed by atoms with van der Waals surface area (Å²) >= 11 is 0. The van der Waals surface area contributed by atoms with Gasteiger partial charge in [0.2, 0.25) is 11.9 Å². The van der Waals surface area contributed by atoms with Crippen molar-refractivity contribution in [3.8, 4) is 0 Å². The van der Waals surface area contributed by atoms with Crippen molar-refractivity contribution in [3.63, 3.8) is 0 Å². The first kappa shape index (κ1) is 19.7. The molecule has 0 aliphatic heterocycles. The van der Waals surface area contributed by atoms with Crippen LogP contribution in [0.2, 0.25) is 0 Å². The highest BCUT2D eigenvalue weighted by Crippen LogP contribution is 2.27. The number of benzene rings is 1. The second-order valence-corrected chi connectivity index (χ2v) is 8.54. The average Bonchev–Trinajstić information content (AvgIpc) is 2.75. The van der Waals surface area contributed by atoms with Crippen molar-refractivity contribution in [3.05, 3.63) is 47.7 Å². The Hall–Kier alpha value is -2.63. The maximum atomic E-state index is 12.8. The van der Waals surface area contributed by atoms with Gasteiger partial charge in [0.15, 0.2) is 0 Å². The van der Waals surface area contributed by atoms with Gasteiger partial charge in [-0.15, -0.1) is 0 Å². The van der Waals surface area contributed by atoms with Crippen LogP contribution in [-0.2, 0) is 17.6 Å². The minimum absolute atomic E-state index is 0.114. The summed E-state index contributed by atoms with van der Waals surface area (Å²) < 4.78 is 0. The quantitative estimate of drug-likeness (QED) is 0.816. The maximum absolute atomic E-state index is 12.8. The number of fused-ring (bicyclic) bond motifs is 1. The molecule has 0 saturated heterocycles. The minimum atomic E-state index is 0.114. The van der Waals surface area contributed by atoms with Crippen LogP contribution in [0.1, 0.15) is 43.2 Å². The minimum Gasteiger partial charge on any atom is -0.363 e. The Morgan fingerprint density at radius 2 is 1.72 bits per heavy atom. The van der Waals surface area contributed by atoms with Gasteiger partial charge in [-0.05, 0) is 62.1 Å². The Morgan fingerprint density at radius 3 is 2.48 bits per heavy atom. The molecular formula is C23H31N5O. The van der Waals surface area contributed by atoms with Gasteiger partial charge in [0.25, 0.3) is 0 Å². The standard InChI is InChI=1S/C23H31N5O/c1-28(2)21-13-14-24-23(27-21)26-20-11-9-19(10-12-20)25-22(29)18-8-7-16-5-3-4-6-17(16)15-18/h3-6,13-14,18-20H,7-12,15H2,1-2H3,(H,25,29)(H,24,26,27)/t18?,19-,20+. The molecule has 1 fully saturated rings. The molecule has 1 amide bonds. The fourth-order valence-electron chi connectivity index (χ4n) is 4.47. The predicted octanol–water partition coefficient (Wildman–Crippen LogP) is 3.19. The number of carbonyl (C=O) groups is 1. The van der Waals surface area contributed by atoms with Crippen LogP contribution in [0.3, 0.4) is 0 Å². The van der Waals surface area contributed by atoms with E-state index in [2.05, 4.69) is 44.9 Å². The largest absolute Gasteiger partial charge is 0.363 e. The van der Waals surface area contributed by atoms with E-state index >= 15 is 0 Å². The number of hydrogen-bond acceptors (Lipinski definition) is 5. The molecule has 2 N–H and O–H groups in total. The van der Waals surface area contributed by atoms with E-state index in [0.717, 1.165) is 50.8 Å². The lowest BCUT2D eigenvalue weighted by Crippen LogP contribution is -2.43. The number of rotatable bonds is 5. The molecule has 1 heterocycles. The van der Waals surface area contributed by atoms with Crippen LogP contribution in [-0.4, -0.2) is 42.1 Å². The number of carbonyl (C=O) groups excluding carboxylic acids is 1. The number of aromatic nitrogens is 2. The predicted molar refractivity (Wildman–Crippen MR) is 116 cm³/mol. The third-order valence-electron chi connectivity index (χ3n) is 6.22. The van der Waals surface area contributed by atoms with E-state index < -0.39 is 0 Å². The van der Waals surface area contributed by atoms with Gasteiger partial charge in [-0.2, -0.15) is 4.98 Å². The Kier molecular flexibility index (Phi) is 5.97. The molecule has 0 spiro atoms. The Bertz CT molecular complexity index is 845. The molecule has 1 unspecified atom stereocenters. The summed E-state index contributed by atoms with van der Waals surface area (Å²) in [5, 5.41) is 6.79. The van der Waals surface area contributed by atoms with E-state index in [1.165, 1.54) is 11.1 Å². The van der Waals surface area contributed by atoms with Gasteiger partial charge < -0.3 is 15.5 Å². The van der Waals surface area contributed by atoms with Crippen molar-refractivity contribution in [1.29, 1.82) is 0 Å². The summed E-state index contributed by atoms with van der Waals surface area (Å²) in [6, 6.07) is 11.1. The second-order valence-electron chi connectivity index (χ2n) is 8.54. The van der Waals surface area contributed by atoms with Gasteiger partial charge in [0.05, 0.1) is 0 Å². The maximum Gasteiger partial charge on any atom is 0.224 e. The number of amides is 1. The molecule has 2 aromatic rings. The van der Waals surface area contributed by atoms with E-state index in [4.69, 9.17) is 0 Å². The van der Waals surface area contributed by atoms with Gasteiger partial charge in [-0.25, -0.2) is 4.98 Å². The monoisotopic (exact) mass is 393 g/mol. The molecule has 1 aromatic carbocycles. The van der Waals surface area contributed by atoms with Gasteiger partial charge in [0.1, 0.15) is 5.82 Å². The van der Waals surface area contributed by atoms with Gasteiger partial charge >= 0.3 is 0 Å². The molecular weight excluding hydrogens is 362 g/mol. The van der Waals surface area contributed by atoms with Crippen molar-refractivity contribution >= 4 is 17.7 Å². The van der Waals surface area contributed by atoms with Crippen LogP contribution in [0.15, 0.2) is 36.5 Å². The van der Waals surface area contributed by atoms with Crippen LogP contribution in [0.4, 0.5) is 11.8 Å². The van der Waals surface area contributed by atoms with E-state index in [1.807, 2.05) is 25.1 Å². The molecule has 4 rings (SSSR count). The lowest BCUT2D eigenvalue weighted by atomic mass is 9.83. The summed E-state index contributed by atoms with van der Waals surface area (Å²) in [5.74, 6) is 1.93. The first-order valence-electron chi connectivity index (χ1n) is 10.7. The van der Waals surface area contributed by atoms with E-state index in [0.29, 0.717) is 12.0 Å². The summed E-state index contributed by atoms with van der Waals surface area (Å²) in [5.41, 5.74) is 2.75. The molecule has 0 bridgehead atoms. The first-order valence-corrected chi connectivity index (χ1v) is 10.7. The second kappa shape index (κ2) is 8.80. The lowest BCUT2D eigenvalue weighted by molar-refractivity contribution is -0.126. The van der Waals surface area contributed by atoms with E-state index in [1.54, 1.807) is 6.20 Å². The Labute approximate surface area is 173 Å². The normalized spacial score (nSPS) is 23.7. The van der Waals surface area contributed by atoms with E-state index in [-0.39, 0.29) is 17.9 Å². The molecule has 154 valence electrons. The highest BCUT2D eigenvalue weighted by molar-refractivity contribution is 5.79. The molecule has 0 radical (unpaired) electrons. The number of hydrogen-bond donors (Lipinski definition) is 2. The lowest BCUT2D eigenvalue weighted by Gasteiger charge is -2.31. The summed E-state index contributed by atoms with van der Waals surface area (Å²) in [7, 11) is 3.95. The van der Waals surface area contributed by atoms with Crippen LogP contribution in [0, 0.1) is 5.92 Å². The molecule has 2 aliphatic rings. The van der Waals surface area contributed by atoms with Crippen molar-refractivity contribution in [2.75, 3.05) is 24.3 Å². The van der Waals surface area contributed by atoms with Crippen molar-refractivity contribution < 1.29 is 4.79 Å². The van der Waals surface area contributed by atoms with Crippen molar-refractivity contribution in [2.45, 2.75) is 57.0 Å². The zero-order chi connectivity index (χ0) is 20.2. The molecule has 6 heteroatoms. The van der Waals surface area contributed by atoms with Crippen molar-refractivity contribution in [2.24, 2.45) is 5.92 Å². The molecule has 6 nitrogen and oxygen atoms in total. The van der Waals surface area contributed by atoms with Crippen LogP contribution < -0.4 is 15.5 Å². The number of nitrogens with zero attached hydrogens (tertiary/aromatic N) is 3. The Balaban J connectivity index is 1.25. The topological polar surface area (TPSA) is 70.2 Å². The first-order chi connectivity index (χ1) is 14.1. The van der Waals surface area contributed by atoms with Gasteiger partial charge in [0, 0.05) is 38.3 Å². The van der Waals surface area contributed by atoms with Gasteiger partial charge in [-0.3, -0.25) is 4.79 Å². The van der Waals surface area contributed by atoms with Crippen LogP contribution >= 0.6 is 0 Å². The Morgan fingerprint density at radius 1 is 1.00 bits per heavy atom. The molecule has 1 saturated carbocycles. The zero-order valence-electron chi connectivity index (χ0n) is 17.4. The summed E-state index contributed by atoms with van der Waals surface area (Å²) in [6.07, 6.45) is 8.68. The van der Waals surface area contributed by atoms with Gasteiger partial charge in [-0.1, -0.05) is 24.3 Å². The number of nitrogens with one attached hydrogen (secondary N) is 2. The summed E-state index contributed by atoms with van der Waals surface area (Å²) in [4.78, 5) is 23.7. The number of anilines is 2. The SMILES string of the molecule is CN(C)c1ccnc(N[C@H]2CC[C@@H](NC(=O)C3CCc4ccccc4C3)CC2)n1. The fraction of sp³-hybridized carbons (Fsp3) is 0.522. The van der Waals surface area contributed by atoms with Crippen LogP contribution in [0.5, 0.6) is 0 Å². The molecule has 2 aliphatic carbocycles. The third kappa shape index (κ3) is 4.86. The van der Waals surface area contributed by atoms with Crippen LogP contribution in [0.25, 0.3) is 0 Å². The smallest absolute Gasteiger partial charge is 0.224 e. The average molecular weight is 394 g/mol. The molecule has 1 aromatic heterocycles. The van der Waals surface area contributed by atoms with E-state index in [9.17, 15) is 4.79 Å². The van der Waals surface area contributed by atoms with Crippen molar-refractivity contribution in [1.82, 2.24) is 15.3 Å². The zero-order valence-corrected chi connectivity index (χ0v) is 17.4. The highest BCUT2D eigenvalue weighted by atomic mass is 16.1. The summed E-state index contributed by atoms with van der Waals surface area (Å²) in [6.45, 7) is 0. The highest BCUT2D eigenvalue weighted by Gasteiger charge is 2.28. The number of aryl methyl sites for hydroxylation is 1. The third-order valence-corrected chi connectivity index (χ3v) is 6.22.